The van der Waals surface area contributed by atoms with E-state index < -0.39 is 0 Å². The summed E-state index contributed by atoms with van der Waals surface area (Å²) in [6.07, 6.45) is 0.834. The zero-order valence-electron chi connectivity index (χ0n) is 18.0. The molecule has 2 aromatic carbocycles. The van der Waals surface area contributed by atoms with Crippen molar-refractivity contribution in [3.63, 3.8) is 0 Å². The molecule has 0 saturated heterocycles. The molecule has 0 unspecified atom stereocenters. The van der Waals surface area contributed by atoms with Gasteiger partial charge < -0.3 is 19.7 Å². The first-order valence-electron chi connectivity index (χ1n) is 9.96. The van der Waals surface area contributed by atoms with Crippen LogP contribution in [0.25, 0.3) is 0 Å². The van der Waals surface area contributed by atoms with Crippen LogP contribution in [-0.4, -0.2) is 62.5 Å². The number of aryl methyl sites for hydroxylation is 1. The van der Waals surface area contributed by atoms with Gasteiger partial charge in [-0.3, -0.25) is 14.5 Å². The molecule has 2 aromatic rings. The number of ether oxygens (including phenoxy) is 2. The number of anilines is 1. The van der Waals surface area contributed by atoms with Crippen molar-refractivity contribution < 1.29 is 19.1 Å². The van der Waals surface area contributed by atoms with Gasteiger partial charge in [-0.1, -0.05) is 17.7 Å². The normalized spacial score (nSPS) is 13.3. The summed E-state index contributed by atoms with van der Waals surface area (Å²) < 4.78 is 10.8. The predicted octanol–water partition coefficient (Wildman–Crippen LogP) is 2.47. The average Bonchev–Trinajstić information content (AvgIpc) is 2.74. The van der Waals surface area contributed by atoms with Crippen LogP contribution >= 0.6 is 0 Å². The Hall–Kier alpha value is -3.06. The Balaban J connectivity index is 1.54. The maximum atomic E-state index is 12.6. The molecule has 0 aliphatic carbocycles. The number of benzene rings is 2. The van der Waals surface area contributed by atoms with Crippen LogP contribution in [0, 0.1) is 6.92 Å². The molecule has 0 bridgehead atoms. The number of likely N-dealkylation sites (N-methyl/N-ethyl adjacent to an activating group) is 1. The largest absolute Gasteiger partial charge is 0.493 e. The van der Waals surface area contributed by atoms with Gasteiger partial charge in [-0.15, -0.1) is 0 Å². The van der Waals surface area contributed by atoms with E-state index in [2.05, 4.69) is 10.2 Å². The van der Waals surface area contributed by atoms with Crippen molar-refractivity contribution in [2.45, 2.75) is 19.9 Å². The van der Waals surface area contributed by atoms with Gasteiger partial charge in [0.25, 0.3) is 0 Å². The van der Waals surface area contributed by atoms with E-state index in [1.54, 1.807) is 21.3 Å². The van der Waals surface area contributed by atoms with E-state index in [9.17, 15) is 9.59 Å². The Morgan fingerprint density at radius 2 is 1.70 bits per heavy atom. The van der Waals surface area contributed by atoms with Crippen molar-refractivity contribution in [2.75, 3.05) is 46.2 Å². The van der Waals surface area contributed by atoms with Gasteiger partial charge >= 0.3 is 0 Å². The minimum atomic E-state index is -0.212. The van der Waals surface area contributed by atoms with E-state index in [0.29, 0.717) is 12.3 Å². The SMILES string of the molecule is COc1cc2c(cc1OC)CN(CC(=O)N(C)CC(=O)Nc1ccc(C)cc1)CC2. The molecule has 1 N–H and O–H groups in total. The maximum Gasteiger partial charge on any atom is 0.243 e. The number of fused-ring (bicyclic) bond motifs is 1. The summed E-state index contributed by atoms with van der Waals surface area (Å²) in [5.41, 5.74) is 4.19. The van der Waals surface area contributed by atoms with E-state index >= 15 is 0 Å². The lowest BCUT2D eigenvalue weighted by Crippen LogP contribution is -2.43. The molecule has 1 aliphatic heterocycles. The van der Waals surface area contributed by atoms with Crippen molar-refractivity contribution in [3.05, 3.63) is 53.1 Å². The van der Waals surface area contributed by atoms with E-state index in [0.717, 1.165) is 35.5 Å². The molecule has 160 valence electrons. The first-order valence-corrected chi connectivity index (χ1v) is 9.96. The topological polar surface area (TPSA) is 71.1 Å². The first kappa shape index (κ1) is 21.6. The van der Waals surface area contributed by atoms with Crippen molar-refractivity contribution in [1.29, 1.82) is 0 Å². The van der Waals surface area contributed by atoms with Crippen LogP contribution in [0.1, 0.15) is 16.7 Å². The smallest absolute Gasteiger partial charge is 0.243 e. The number of nitrogens with one attached hydrogen (secondary N) is 1. The van der Waals surface area contributed by atoms with Crippen molar-refractivity contribution >= 4 is 17.5 Å². The van der Waals surface area contributed by atoms with Crippen LogP contribution in [-0.2, 0) is 22.6 Å². The molecule has 1 heterocycles. The van der Waals surface area contributed by atoms with Crippen LogP contribution in [0.15, 0.2) is 36.4 Å². The van der Waals surface area contributed by atoms with E-state index in [-0.39, 0.29) is 24.9 Å². The van der Waals surface area contributed by atoms with Gasteiger partial charge in [-0.2, -0.15) is 0 Å². The molecule has 7 nitrogen and oxygen atoms in total. The molecule has 2 amide bonds. The molecule has 0 aromatic heterocycles. The zero-order chi connectivity index (χ0) is 21.7. The number of nitrogens with zero attached hydrogens (tertiary/aromatic N) is 2. The number of amides is 2. The maximum absolute atomic E-state index is 12.6. The van der Waals surface area contributed by atoms with E-state index in [1.807, 2.05) is 43.3 Å². The third-order valence-corrected chi connectivity index (χ3v) is 5.30. The summed E-state index contributed by atoms with van der Waals surface area (Å²) in [6.45, 7) is 3.70. The third kappa shape index (κ3) is 5.30. The van der Waals surface area contributed by atoms with Crippen LogP contribution in [0.3, 0.4) is 0 Å². The van der Waals surface area contributed by atoms with Gasteiger partial charge in [0.15, 0.2) is 11.5 Å². The summed E-state index contributed by atoms with van der Waals surface area (Å²) in [4.78, 5) is 28.4. The Kier molecular flexibility index (Phi) is 6.95. The second-order valence-corrected chi connectivity index (χ2v) is 7.60. The summed E-state index contributed by atoms with van der Waals surface area (Å²) in [5, 5.41) is 2.82. The Bertz CT molecular complexity index is 911. The summed E-state index contributed by atoms with van der Waals surface area (Å²) in [7, 11) is 4.90. The molecule has 0 radical (unpaired) electrons. The molecule has 7 heteroatoms. The predicted molar refractivity (Wildman–Crippen MR) is 116 cm³/mol. The molecule has 3 rings (SSSR count). The van der Waals surface area contributed by atoms with E-state index in [1.165, 1.54) is 10.5 Å². The minimum absolute atomic E-state index is 0.0160. The fourth-order valence-corrected chi connectivity index (χ4v) is 3.53. The van der Waals surface area contributed by atoms with E-state index in [4.69, 9.17) is 9.47 Å². The highest BCUT2D eigenvalue weighted by Crippen LogP contribution is 2.33. The Labute approximate surface area is 177 Å². The molecule has 0 fully saturated rings. The highest BCUT2D eigenvalue weighted by molar-refractivity contribution is 5.94. The second-order valence-electron chi connectivity index (χ2n) is 7.60. The van der Waals surface area contributed by atoms with Gasteiger partial charge in [0.1, 0.15) is 0 Å². The molecule has 0 atom stereocenters. The monoisotopic (exact) mass is 411 g/mol. The standard InChI is InChI=1S/C23H29N3O4/c1-16-5-7-19(8-6-16)24-22(27)14-25(2)23(28)15-26-10-9-17-11-20(29-3)21(30-4)12-18(17)13-26/h5-8,11-12H,9-10,13-15H2,1-4H3,(H,24,27). The number of carbonyl (C=O) groups is 2. The lowest BCUT2D eigenvalue weighted by Gasteiger charge is -2.30. The van der Waals surface area contributed by atoms with Gasteiger partial charge in [-0.05, 0) is 48.7 Å². The van der Waals surface area contributed by atoms with Crippen LogP contribution < -0.4 is 14.8 Å². The van der Waals surface area contributed by atoms with Crippen LogP contribution in [0.5, 0.6) is 11.5 Å². The quantitative estimate of drug-likeness (QED) is 0.758. The molecule has 0 spiro atoms. The van der Waals surface area contributed by atoms with Gasteiger partial charge in [0, 0.05) is 25.8 Å². The van der Waals surface area contributed by atoms with Crippen molar-refractivity contribution in [1.82, 2.24) is 9.80 Å². The van der Waals surface area contributed by atoms with Gasteiger partial charge in [0.05, 0.1) is 27.3 Å². The van der Waals surface area contributed by atoms with Crippen LogP contribution in [0.4, 0.5) is 5.69 Å². The fraction of sp³-hybridized carbons (Fsp3) is 0.391. The summed E-state index contributed by atoms with van der Waals surface area (Å²) >= 11 is 0. The first-order chi connectivity index (χ1) is 14.4. The number of hydrogen-bond acceptors (Lipinski definition) is 5. The average molecular weight is 412 g/mol. The lowest BCUT2D eigenvalue weighted by atomic mass is 9.99. The summed E-state index contributed by atoms with van der Waals surface area (Å²) in [5.74, 6) is 1.11. The van der Waals surface area contributed by atoms with Gasteiger partial charge in [0.2, 0.25) is 11.8 Å². The molecule has 1 aliphatic rings. The second kappa shape index (κ2) is 9.63. The zero-order valence-corrected chi connectivity index (χ0v) is 18.0. The Morgan fingerprint density at radius 3 is 2.33 bits per heavy atom. The van der Waals surface area contributed by atoms with Gasteiger partial charge in [-0.25, -0.2) is 0 Å². The fourth-order valence-electron chi connectivity index (χ4n) is 3.53. The van der Waals surface area contributed by atoms with Crippen molar-refractivity contribution in [2.24, 2.45) is 0 Å². The third-order valence-electron chi connectivity index (χ3n) is 5.30. The number of methoxy groups -OCH3 is 2. The highest BCUT2D eigenvalue weighted by Gasteiger charge is 2.23. The molecular formula is C23H29N3O4. The molecular weight excluding hydrogens is 382 g/mol. The van der Waals surface area contributed by atoms with Crippen LogP contribution in [0.2, 0.25) is 0 Å². The number of rotatable bonds is 7. The molecule has 0 saturated carbocycles. The van der Waals surface area contributed by atoms with Crippen molar-refractivity contribution in [3.8, 4) is 11.5 Å². The Morgan fingerprint density at radius 1 is 1.07 bits per heavy atom. The molecule has 30 heavy (non-hydrogen) atoms. The summed E-state index contributed by atoms with van der Waals surface area (Å²) in [6, 6.07) is 11.6. The number of carbonyl (C=O) groups excluding carboxylic acids is 2. The number of hydrogen-bond donors (Lipinski definition) is 1. The minimum Gasteiger partial charge on any atom is -0.493 e. The highest BCUT2D eigenvalue weighted by atomic mass is 16.5. The lowest BCUT2D eigenvalue weighted by molar-refractivity contribution is -0.134.